The molecule has 1 saturated carbocycles. The first kappa shape index (κ1) is 18.8. The Morgan fingerprint density at radius 3 is 2.85 bits per heavy atom. The Bertz CT molecular complexity index is 698. The Hall–Kier alpha value is -1.55. The molecule has 3 atom stereocenters. The highest BCUT2D eigenvalue weighted by molar-refractivity contribution is 5.76. The van der Waals surface area contributed by atoms with Gasteiger partial charge < -0.3 is 10.4 Å². The summed E-state index contributed by atoms with van der Waals surface area (Å²) in [5, 5.41) is 13.2. The lowest BCUT2D eigenvalue weighted by Gasteiger charge is -2.53. The van der Waals surface area contributed by atoms with Gasteiger partial charge in [0.05, 0.1) is 0 Å². The number of phenolic OH excluding ortho intramolecular Hbond substituents is 1. The molecule has 2 aliphatic carbocycles. The van der Waals surface area contributed by atoms with Crippen molar-refractivity contribution in [2.24, 2.45) is 5.92 Å². The molecule has 1 aromatic rings. The number of fused-ring (bicyclic) bond motifs is 4. The Morgan fingerprint density at radius 2 is 2.07 bits per heavy atom. The molecular formula is C23H34N2O2. The van der Waals surface area contributed by atoms with Gasteiger partial charge in [0.2, 0.25) is 5.91 Å². The minimum Gasteiger partial charge on any atom is -0.508 e. The van der Waals surface area contributed by atoms with E-state index in [0.717, 1.165) is 38.8 Å². The number of hydrogen-bond acceptors (Lipinski definition) is 3. The minimum absolute atomic E-state index is 0.123. The SMILES string of the molecule is C[C@H]1CN(CCC(=O)NC2CCCCC2)[C@@H]2Cc3ccc(O)cc3[C@]1(C)C2. The van der Waals surface area contributed by atoms with Crippen molar-refractivity contribution in [2.45, 2.75) is 82.7 Å². The van der Waals surface area contributed by atoms with Crippen molar-refractivity contribution in [3.05, 3.63) is 29.3 Å². The van der Waals surface area contributed by atoms with Crippen LogP contribution >= 0.6 is 0 Å². The second-order valence-electron chi connectivity index (χ2n) is 9.37. The maximum Gasteiger partial charge on any atom is 0.221 e. The van der Waals surface area contributed by atoms with E-state index in [9.17, 15) is 9.90 Å². The van der Waals surface area contributed by atoms with Crippen molar-refractivity contribution in [2.75, 3.05) is 13.1 Å². The van der Waals surface area contributed by atoms with Crippen LogP contribution in [0.25, 0.3) is 0 Å². The van der Waals surface area contributed by atoms with Crippen LogP contribution in [-0.2, 0) is 16.6 Å². The van der Waals surface area contributed by atoms with Crippen LogP contribution in [0, 0.1) is 5.92 Å². The largest absolute Gasteiger partial charge is 0.508 e. The molecule has 1 saturated heterocycles. The quantitative estimate of drug-likeness (QED) is 0.849. The maximum absolute atomic E-state index is 12.4. The number of piperidine rings is 1. The van der Waals surface area contributed by atoms with Gasteiger partial charge in [-0.05, 0) is 60.3 Å². The summed E-state index contributed by atoms with van der Waals surface area (Å²) in [7, 11) is 0. The summed E-state index contributed by atoms with van der Waals surface area (Å²) >= 11 is 0. The smallest absolute Gasteiger partial charge is 0.221 e. The van der Waals surface area contributed by atoms with Gasteiger partial charge in [0.25, 0.3) is 0 Å². The molecule has 1 aliphatic heterocycles. The lowest BCUT2D eigenvalue weighted by molar-refractivity contribution is -0.122. The van der Waals surface area contributed by atoms with Gasteiger partial charge >= 0.3 is 0 Å². The van der Waals surface area contributed by atoms with Gasteiger partial charge in [0.15, 0.2) is 0 Å². The van der Waals surface area contributed by atoms with Crippen LogP contribution < -0.4 is 5.32 Å². The molecule has 0 radical (unpaired) electrons. The average molecular weight is 371 g/mol. The zero-order valence-corrected chi connectivity index (χ0v) is 16.8. The maximum atomic E-state index is 12.4. The number of phenols is 1. The van der Waals surface area contributed by atoms with Crippen LogP contribution in [0.2, 0.25) is 0 Å². The van der Waals surface area contributed by atoms with Crippen molar-refractivity contribution in [3.63, 3.8) is 0 Å². The van der Waals surface area contributed by atoms with Crippen LogP contribution in [0.4, 0.5) is 0 Å². The molecule has 2 bridgehead atoms. The topological polar surface area (TPSA) is 52.6 Å². The third-order valence-corrected chi connectivity index (χ3v) is 7.53. The number of nitrogens with zero attached hydrogens (tertiary/aromatic N) is 1. The monoisotopic (exact) mass is 370 g/mol. The summed E-state index contributed by atoms with van der Waals surface area (Å²) in [6.45, 7) is 6.57. The summed E-state index contributed by atoms with van der Waals surface area (Å²) in [6, 6.07) is 6.81. The molecule has 1 amide bonds. The zero-order valence-electron chi connectivity index (χ0n) is 16.8. The fourth-order valence-electron chi connectivity index (χ4n) is 5.69. The summed E-state index contributed by atoms with van der Waals surface area (Å²) in [6.07, 6.45) is 8.89. The number of carbonyl (C=O) groups excluding carboxylic acids is 1. The number of amides is 1. The van der Waals surface area contributed by atoms with Crippen LogP contribution in [-0.4, -0.2) is 41.1 Å². The highest BCUT2D eigenvalue weighted by atomic mass is 16.3. The van der Waals surface area contributed by atoms with Gasteiger partial charge in [-0.15, -0.1) is 0 Å². The van der Waals surface area contributed by atoms with Crippen molar-refractivity contribution < 1.29 is 9.90 Å². The van der Waals surface area contributed by atoms with Gasteiger partial charge in [-0.25, -0.2) is 0 Å². The minimum atomic E-state index is 0.123. The lowest BCUT2D eigenvalue weighted by Crippen LogP contribution is -2.56. The van der Waals surface area contributed by atoms with Crippen LogP contribution in [0.3, 0.4) is 0 Å². The molecule has 148 valence electrons. The second-order valence-corrected chi connectivity index (χ2v) is 9.37. The molecule has 3 aliphatic rings. The molecule has 4 heteroatoms. The zero-order chi connectivity index (χ0) is 19.0. The first-order chi connectivity index (χ1) is 13.0. The van der Waals surface area contributed by atoms with E-state index in [4.69, 9.17) is 0 Å². The third-order valence-electron chi connectivity index (χ3n) is 7.53. The predicted molar refractivity (Wildman–Crippen MR) is 108 cm³/mol. The van der Waals surface area contributed by atoms with E-state index in [0.29, 0.717) is 30.2 Å². The van der Waals surface area contributed by atoms with Crippen molar-refractivity contribution in [1.29, 1.82) is 0 Å². The fourth-order valence-corrected chi connectivity index (χ4v) is 5.69. The van der Waals surface area contributed by atoms with Crippen molar-refractivity contribution >= 4 is 5.91 Å². The molecule has 2 fully saturated rings. The fraction of sp³-hybridized carbons (Fsp3) is 0.696. The standard InChI is InChI=1S/C23H34N2O2/c1-16-15-25(11-10-22(27)24-18-6-4-3-5-7-18)19-12-17-8-9-20(26)13-21(17)23(16,2)14-19/h8-9,13,16,18-19,26H,3-7,10-12,14-15H2,1-2H3,(H,24,27)/t16-,19+,23+/m0/s1. The van der Waals surface area contributed by atoms with Gasteiger partial charge in [-0.1, -0.05) is 39.2 Å². The van der Waals surface area contributed by atoms with E-state index in [1.54, 1.807) is 0 Å². The van der Waals surface area contributed by atoms with Gasteiger partial charge in [-0.3, -0.25) is 9.69 Å². The van der Waals surface area contributed by atoms with Gasteiger partial charge in [0.1, 0.15) is 5.75 Å². The molecule has 0 aromatic heterocycles. The van der Waals surface area contributed by atoms with E-state index in [1.165, 1.54) is 30.4 Å². The summed E-state index contributed by atoms with van der Waals surface area (Å²) < 4.78 is 0. The van der Waals surface area contributed by atoms with Crippen LogP contribution in [0.1, 0.15) is 69.9 Å². The molecule has 4 rings (SSSR count). The molecule has 1 heterocycles. The number of rotatable bonds is 4. The van der Waals surface area contributed by atoms with Crippen LogP contribution in [0.5, 0.6) is 5.75 Å². The molecule has 0 spiro atoms. The predicted octanol–water partition coefficient (Wildman–Crippen LogP) is 3.76. The summed E-state index contributed by atoms with van der Waals surface area (Å²) in [5.74, 6) is 1.11. The number of hydrogen-bond donors (Lipinski definition) is 2. The third kappa shape index (κ3) is 3.73. The Labute approximate surface area is 163 Å². The molecule has 27 heavy (non-hydrogen) atoms. The molecule has 4 nitrogen and oxygen atoms in total. The number of nitrogens with one attached hydrogen (secondary N) is 1. The highest BCUT2D eigenvalue weighted by Gasteiger charge is 2.46. The summed E-state index contributed by atoms with van der Waals surface area (Å²) in [5.41, 5.74) is 2.83. The molecular weight excluding hydrogens is 336 g/mol. The van der Waals surface area contributed by atoms with Crippen molar-refractivity contribution in [3.8, 4) is 5.75 Å². The Morgan fingerprint density at radius 1 is 1.30 bits per heavy atom. The van der Waals surface area contributed by atoms with E-state index < -0.39 is 0 Å². The second kappa shape index (κ2) is 7.46. The number of benzene rings is 1. The van der Waals surface area contributed by atoms with E-state index >= 15 is 0 Å². The molecule has 2 N–H and O–H groups in total. The number of likely N-dealkylation sites (tertiary alicyclic amines) is 1. The normalized spacial score (nSPS) is 31.3. The number of aromatic hydroxyl groups is 1. The average Bonchev–Trinajstić information content (AvgIpc) is 2.65. The van der Waals surface area contributed by atoms with E-state index in [-0.39, 0.29) is 11.3 Å². The Kier molecular flexibility index (Phi) is 5.19. The molecule has 1 aromatic carbocycles. The van der Waals surface area contributed by atoms with Crippen LogP contribution in [0.15, 0.2) is 18.2 Å². The highest BCUT2D eigenvalue weighted by Crippen LogP contribution is 2.48. The first-order valence-corrected chi connectivity index (χ1v) is 10.8. The van der Waals surface area contributed by atoms with Gasteiger partial charge in [-0.2, -0.15) is 0 Å². The summed E-state index contributed by atoms with van der Waals surface area (Å²) in [4.78, 5) is 15.0. The molecule has 0 unspecified atom stereocenters. The first-order valence-electron chi connectivity index (χ1n) is 10.8. The van der Waals surface area contributed by atoms with Crippen molar-refractivity contribution in [1.82, 2.24) is 10.2 Å². The Balaban J connectivity index is 1.40. The lowest BCUT2D eigenvalue weighted by atomic mass is 9.60. The van der Waals surface area contributed by atoms with Gasteiger partial charge in [0, 0.05) is 31.6 Å². The van der Waals surface area contributed by atoms with E-state index in [2.05, 4.69) is 30.1 Å². The van der Waals surface area contributed by atoms with E-state index in [1.807, 2.05) is 12.1 Å². The number of carbonyl (C=O) groups is 1.